The number of alkyl halides is 1. The summed E-state index contributed by atoms with van der Waals surface area (Å²) in [5.41, 5.74) is 0. The van der Waals surface area contributed by atoms with E-state index >= 15 is 0 Å². The number of imidazole rings is 1. The van der Waals surface area contributed by atoms with Crippen molar-refractivity contribution >= 4 is 17.9 Å². The first kappa shape index (κ1) is 9.06. The van der Waals surface area contributed by atoms with Gasteiger partial charge in [-0.3, -0.25) is 0 Å². The van der Waals surface area contributed by atoms with E-state index in [2.05, 4.69) is 4.98 Å². The largest absolute Gasteiger partial charge is 0.416 e. The molecule has 1 atom stereocenters. The number of hydrogen-bond donors (Lipinski definition) is 0. The SMILES string of the molecule is COn1ccnc1C(C)(Cl)C=O. The van der Waals surface area contributed by atoms with Crippen molar-refractivity contribution in [2.45, 2.75) is 11.8 Å². The van der Waals surface area contributed by atoms with E-state index < -0.39 is 4.87 Å². The summed E-state index contributed by atoms with van der Waals surface area (Å²) in [5, 5.41) is 0. The maximum absolute atomic E-state index is 10.6. The van der Waals surface area contributed by atoms with Crippen LogP contribution in [0.3, 0.4) is 0 Å². The van der Waals surface area contributed by atoms with E-state index in [9.17, 15) is 4.79 Å². The molecule has 0 aromatic carbocycles. The number of aldehydes is 1. The number of nitrogens with zero attached hydrogens (tertiary/aromatic N) is 2. The highest BCUT2D eigenvalue weighted by Crippen LogP contribution is 2.23. The highest BCUT2D eigenvalue weighted by Gasteiger charge is 2.28. The van der Waals surface area contributed by atoms with Gasteiger partial charge in [-0.1, -0.05) is 0 Å². The van der Waals surface area contributed by atoms with Crippen LogP contribution in [0.25, 0.3) is 0 Å². The third kappa shape index (κ3) is 1.43. The van der Waals surface area contributed by atoms with Crippen LogP contribution in [0.5, 0.6) is 0 Å². The van der Waals surface area contributed by atoms with Gasteiger partial charge in [0.2, 0.25) is 0 Å². The zero-order valence-electron chi connectivity index (χ0n) is 6.82. The smallest absolute Gasteiger partial charge is 0.172 e. The third-order valence-electron chi connectivity index (χ3n) is 1.46. The van der Waals surface area contributed by atoms with Crippen molar-refractivity contribution in [3.8, 4) is 0 Å². The van der Waals surface area contributed by atoms with Gasteiger partial charge in [-0.05, 0) is 6.92 Å². The fourth-order valence-electron chi connectivity index (χ4n) is 0.834. The molecule has 1 unspecified atom stereocenters. The van der Waals surface area contributed by atoms with Crippen LogP contribution in [-0.2, 0) is 9.67 Å². The first-order chi connectivity index (χ1) is 5.61. The molecule has 0 saturated heterocycles. The number of carbonyl (C=O) groups is 1. The second kappa shape index (κ2) is 3.15. The number of hydrogen-bond acceptors (Lipinski definition) is 3. The van der Waals surface area contributed by atoms with E-state index in [1.54, 1.807) is 13.1 Å². The van der Waals surface area contributed by atoms with Crippen molar-refractivity contribution in [2.24, 2.45) is 0 Å². The molecule has 0 radical (unpaired) electrons. The molecule has 1 heterocycles. The van der Waals surface area contributed by atoms with E-state index in [0.717, 1.165) is 0 Å². The fourth-order valence-corrected chi connectivity index (χ4v) is 0.966. The van der Waals surface area contributed by atoms with Gasteiger partial charge in [0.05, 0.1) is 6.20 Å². The molecule has 1 aromatic rings. The molecule has 0 saturated carbocycles. The third-order valence-corrected chi connectivity index (χ3v) is 1.72. The molecule has 4 nitrogen and oxygen atoms in total. The molecule has 0 bridgehead atoms. The molecule has 1 rings (SSSR count). The summed E-state index contributed by atoms with van der Waals surface area (Å²) in [6.07, 6.45) is 3.72. The highest BCUT2D eigenvalue weighted by atomic mass is 35.5. The summed E-state index contributed by atoms with van der Waals surface area (Å²) in [4.78, 5) is 18.2. The van der Waals surface area contributed by atoms with Crippen LogP contribution >= 0.6 is 11.6 Å². The average Bonchev–Trinajstić information content (AvgIpc) is 2.52. The maximum Gasteiger partial charge on any atom is 0.172 e. The molecule has 0 amide bonds. The first-order valence-electron chi connectivity index (χ1n) is 3.35. The van der Waals surface area contributed by atoms with Gasteiger partial charge in [-0.15, -0.1) is 11.6 Å². The lowest BCUT2D eigenvalue weighted by molar-refractivity contribution is -0.110. The lowest BCUT2D eigenvalue weighted by atomic mass is 10.2. The molecule has 0 fully saturated rings. The zero-order chi connectivity index (χ0) is 9.19. The van der Waals surface area contributed by atoms with Gasteiger partial charge in [0.1, 0.15) is 13.4 Å². The van der Waals surface area contributed by atoms with E-state index in [-0.39, 0.29) is 0 Å². The number of aromatic nitrogens is 2. The van der Waals surface area contributed by atoms with E-state index in [0.29, 0.717) is 12.1 Å². The molecule has 5 heteroatoms. The van der Waals surface area contributed by atoms with Crippen LogP contribution < -0.4 is 4.84 Å². The minimum absolute atomic E-state index is 0.377. The number of carbonyl (C=O) groups excluding carboxylic acids is 1. The molecule has 0 aliphatic carbocycles. The second-order valence-corrected chi connectivity index (χ2v) is 3.24. The topological polar surface area (TPSA) is 44.1 Å². The predicted molar refractivity (Wildman–Crippen MR) is 44.0 cm³/mol. The molecule has 0 N–H and O–H groups in total. The quantitative estimate of drug-likeness (QED) is 0.515. The van der Waals surface area contributed by atoms with Crippen molar-refractivity contribution in [1.82, 2.24) is 9.71 Å². The van der Waals surface area contributed by atoms with E-state index in [1.807, 2.05) is 0 Å². The summed E-state index contributed by atoms with van der Waals surface area (Å²) in [7, 11) is 1.48. The Labute approximate surface area is 75.1 Å². The van der Waals surface area contributed by atoms with Gasteiger partial charge in [0.25, 0.3) is 0 Å². The first-order valence-corrected chi connectivity index (χ1v) is 3.73. The summed E-state index contributed by atoms with van der Waals surface area (Å²) in [5.74, 6) is 0.377. The molecule has 0 aliphatic heterocycles. The Hall–Kier alpha value is -1.03. The summed E-state index contributed by atoms with van der Waals surface area (Å²) in [6.45, 7) is 1.55. The normalized spacial score (nSPS) is 15.2. The summed E-state index contributed by atoms with van der Waals surface area (Å²) in [6, 6.07) is 0. The highest BCUT2D eigenvalue weighted by molar-refractivity contribution is 6.30. The van der Waals surface area contributed by atoms with Crippen LogP contribution in [0.2, 0.25) is 0 Å². The Balaban J connectivity index is 3.08. The molecular weight excluding hydrogens is 180 g/mol. The minimum Gasteiger partial charge on any atom is -0.416 e. The van der Waals surface area contributed by atoms with Gasteiger partial charge in [0, 0.05) is 6.20 Å². The molecule has 12 heavy (non-hydrogen) atoms. The Morgan fingerprint density at radius 3 is 3.00 bits per heavy atom. The Morgan fingerprint density at radius 2 is 2.50 bits per heavy atom. The van der Waals surface area contributed by atoms with Crippen molar-refractivity contribution in [2.75, 3.05) is 7.11 Å². The van der Waals surface area contributed by atoms with Gasteiger partial charge >= 0.3 is 0 Å². The van der Waals surface area contributed by atoms with Gasteiger partial charge < -0.3 is 9.63 Å². The van der Waals surface area contributed by atoms with Crippen LogP contribution in [0, 0.1) is 0 Å². The van der Waals surface area contributed by atoms with Crippen LogP contribution in [-0.4, -0.2) is 23.1 Å². The number of rotatable bonds is 3. The Bertz CT molecular complexity index is 283. The molecule has 66 valence electrons. The summed E-state index contributed by atoms with van der Waals surface area (Å²) >= 11 is 5.84. The van der Waals surface area contributed by atoms with Crippen molar-refractivity contribution in [3.05, 3.63) is 18.2 Å². The van der Waals surface area contributed by atoms with Crippen LogP contribution in [0.1, 0.15) is 12.7 Å². The monoisotopic (exact) mass is 188 g/mol. The maximum atomic E-state index is 10.6. The molecule has 1 aromatic heterocycles. The molecule has 0 spiro atoms. The van der Waals surface area contributed by atoms with Crippen LogP contribution in [0.15, 0.2) is 12.4 Å². The Morgan fingerprint density at radius 1 is 1.83 bits per heavy atom. The lowest BCUT2D eigenvalue weighted by Crippen LogP contribution is -2.23. The molecular formula is C7H9ClN2O2. The zero-order valence-corrected chi connectivity index (χ0v) is 7.58. The van der Waals surface area contributed by atoms with E-state index in [1.165, 1.54) is 18.0 Å². The van der Waals surface area contributed by atoms with Crippen molar-refractivity contribution in [1.29, 1.82) is 0 Å². The Kier molecular flexibility index (Phi) is 2.38. The van der Waals surface area contributed by atoms with Crippen molar-refractivity contribution in [3.63, 3.8) is 0 Å². The average molecular weight is 189 g/mol. The van der Waals surface area contributed by atoms with E-state index in [4.69, 9.17) is 16.4 Å². The van der Waals surface area contributed by atoms with Gasteiger partial charge in [0.15, 0.2) is 10.7 Å². The lowest BCUT2D eigenvalue weighted by Gasteiger charge is -2.14. The molecule has 0 aliphatic rings. The van der Waals surface area contributed by atoms with Gasteiger partial charge in [-0.2, -0.15) is 4.73 Å². The number of halogens is 1. The van der Waals surface area contributed by atoms with Gasteiger partial charge in [-0.25, -0.2) is 4.98 Å². The predicted octanol–water partition coefficient (Wildman–Crippen LogP) is 0.594. The second-order valence-electron chi connectivity index (χ2n) is 2.45. The fraction of sp³-hybridized carbons (Fsp3) is 0.429. The minimum atomic E-state index is -1.13. The van der Waals surface area contributed by atoms with Crippen LogP contribution in [0.4, 0.5) is 0 Å². The van der Waals surface area contributed by atoms with Crippen molar-refractivity contribution < 1.29 is 9.63 Å². The standard InChI is InChI=1S/C7H9ClN2O2/c1-7(8,5-11)6-9-3-4-10(6)12-2/h3-5H,1-2H3. The summed E-state index contributed by atoms with van der Waals surface area (Å²) < 4.78 is 1.35.